The van der Waals surface area contributed by atoms with Crippen LogP contribution in [0, 0.1) is 0 Å². The Balaban J connectivity index is 3.41. The third kappa shape index (κ3) is 55.5. The number of hydrogen-bond donors (Lipinski definition) is 3. The normalized spacial score (nSPS) is 12.7. The average Bonchev–Trinajstić information content (AvgIpc) is 3.35. The number of carbonyl (C=O) groups is 2. The maximum absolute atomic E-state index is 12.5. The molecule has 3 N–H and O–H groups in total. The van der Waals surface area contributed by atoms with E-state index in [4.69, 9.17) is 4.74 Å². The van der Waals surface area contributed by atoms with Gasteiger partial charge in [0.25, 0.3) is 0 Å². The Hall–Kier alpha value is -1.66. The van der Waals surface area contributed by atoms with Gasteiger partial charge in [-0.05, 0) is 51.4 Å². The molecular weight excluding hydrogens is 851 g/mol. The molecule has 0 radical (unpaired) electrons. The molecule has 1 amide bonds. The van der Waals surface area contributed by atoms with Crippen LogP contribution in [0.25, 0.3) is 0 Å². The smallest absolute Gasteiger partial charge is 0.305 e. The summed E-state index contributed by atoms with van der Waals surface area (Å²) in [5.41, 5.74) is 0. The van der Waals surface area contributed by atoms with E-state index in [0.29, 0.717) is 25.9 Å². The van der Waals surface area contributed by atoms with Crippen LogP contribution in [0.2, 0.25) is 0 Å². The fourth-order valence-corrected chi connectivity index (χ4v) is 9.72. The molecular formula is C63H121NO5. The van der Waals surface area contributed by atoms with Crippen molar-refractivity contribution < 1.29 is 24.5 Å². The second kappa shape index (κ2) is 58.9. The van der Waals surface area contributed by atoms with Gasteiger partial charge in [0.1, 0.15) is 0 Å². The summed E-state index contributed by atoms with van der Waals surface area (Å²) in [5, 5.41) is 23.4. The van der Waals surface area contributed by atoms with E-state index >= 15 is 0 Å². The lowest BCUT2D eigenvalue weighted by atomic mass is 10.0. The first-order valence-electron chi connectivity index (χ1n) is 31.1. The summed E-state index contributed by atoms with van der Waals surface area (Å²) >= 11 is 0. The minimum absolute atomic E-state index is 0.00497. The van der Waals surface area contributed by atoms with E-state index in [1.54, 1.807) is 0 Å². The Labute approximate surface area is 431 Å². The van der Waals surface area contributed by atoms with Crippen molar-refractivity contribution >= 4 is 11.9 Å². The Morgan fingerprint density at radius 1 is 0.406 bits per heavy atom. The lowest BCUT2D eigenvalue weighted by molar-refractivity contribution is -0.143. The number of rotatable bonds is 58. The van der Waals surface area contributed by atoms with Crippen LogP contribution in [0.15, 0.2) is 24.3 Å². The van der Waals surface area contributed by atoms with Gasteiger partial charge < -0.3 is 20.3 Å². The molecule has 0 spiro atoms. The zero-order valence-electron chi connectivity index (χ0n) is 46.6. The van der Waals surface area contributed by atoms with Crippen molar-refractivity contribution in [2.45, 2.75) is 353 Å². The van der Waals surface area contributed by atoms with Crippen LogP contribution in [0.1, 0.15) is 341 Å². The van der Waals surface area contributed by atoms with Crippen molar-refractivity contribution in [1.29, 1.82) is 0 Å². The topological polar surface area (TPSA) is 95.9 Å². The highest BCUT2D eigenvalue weighted by Gasteiger charge is 2.20. The van der Waals surface area contributed by atoms with Gasteiger partial charge in [-0.3, -0.25) is 9.59 Å². The first-order chi connectivity index (χ1) is 34.0. The number of hydrogen-bond acceptors (Lipinski definition) is 5. The predicted molar refractivity (Wildman–Crippen MR) is 301 cm³/mol. The molecule has 0 aliphatic carbocycles. The van der Waals surface area contributed by atoms with Gasteiger partial charge in [-0.15, -0.1) is 0 Å². The van der Waals surface area contributed by atoms with Crippen molar-refractivity contribution in [1.82, 2.24) is 5.32 Å². The lowest BCUT2D eigenvalue weighted by Gasteiger charge is -2.22. The van der Waals surface area contributed by atoms with Gasteiger partial charge in [0.15, 0.2) is 0 Å². The van der Waals surface area contributed by atoms with Crippen molar-refractivity contribution in [3.8, 4) is 0 Å². The molecule has 0 heterocycles. The molecule has 0 aromatic heterocycles. The summed E-state index contributed by atoms with van der Waals surface area (Å²) in [6.07, 6.45) is 71.8. The number of aliphatic hydroxyl groups excluding tert-OH is 2. The van der Waals surface area contributed by atoms with Crippen LogP contribution >= 0.6 is 0 Å². The zero-order valence-corrected chi connectivity index (χ0v) is 46.6. The van der Waals surface area contributed by atoms with E-state index in [2.05, 4.69) is 43.5 Å². The first-order valence-corrected chi connectivity index (χ1v) is 31.1. The summed E-state index contributed by atoms with van der Waals surface area (Å²) in [6.45, 7) is 4.92. The average molecular weight is 973 g/mol. The minimum Gasteiger partial charge on any atom is -0.466 e. The molecule has 0 fully saturated rings. The Bertz CT molecular complexity index is 1080. The lowest BCUT2D eigenvalue weighted by Crippen LogP contribution is -2.45. The molecule has 0 aliphatic rings. The third-order valence-corrected chi connectivity index (χ3v) is 14.5. The molecule has 69 heavy (non-hydrogen) atoms. The molecule has 0 bridgehead atoms. The van der Waals surface area contributed by atoms with Crippen LogP contribution in [-0.4, -0.2) is 47.4 Å². The standard InChI is InChI=1S/C63H121NO5/c1-3-5-7-9-11-13-15-17-19-20-22-25-28-31-35-39-43-47-51-55-61(66)60(59-65)64-62(67)56-52-48-44-40-36-32-29-26-23-21-24-27-30-34-38-42-46-50-54-58-69-63(68)57-53-49-45-41-37-33-18-16-14-12-10-8-6-4-2/h10,12,16,18,60-61,65-66H,3-9,11,13-15,17,19-59H2,1-2H3,(H,64,67)/b12-10-,18-16-. The molecule has 6 heteroatoms. The van der Waals surface area contributed by atoms with Crippen LogP contribution in [0.5, 0.6) is 0 Å². The molecule has 2 unspecified atom stereocenters. The minimum atomic E-state index is -0.667. The van der Waals surface area contributed by atoms with Crippen LogP contribution in [-0.2, 0) is 14.3 Å². The van der Waals surface area contributed by atoms with E-state index in [1.165, 1.54) is 257 Å². The van der Waals surface area contributed by atoms with Gasteiger partial charge in [-0.2, -0.15) is 0 Å². The van der Waals surface area contributed by atoms with E-state index < -0.39 is 12.1 Å². The highest BCUT2D eigenvalue weighted by Crippen LogP contribution is 2.18. The molecule has 0 aromatic rings. The number of nitrogens with one attached hydrogen (secondary N) is 1. The summed E-state index contributed by atoms with van der Waals surface area (Å²) in [4.78, 5) is 24.6. The van der Waals surface area contributed by atoms with E-state index in [-0.39, 0.29) is 18.5 Å². The summed E-state index contributed by atoms with van der Waals surface area (Å²) in [6, 6.07) is -0.544. The predicted octanol–water partition coefficient (Wildman–Crippen LogP) is 19.4. The van der Waals surface area contributed by atoms with Gasteiger partial charge >= 0.3 is 5.97 Å². The molecule has 6 nitrogen and oxygen atoms in total. The summed E-state index contributed by atoms with van der Waals surface area (Å²) in [5.74, 6) is -0.0401. The van der Waals surface area contributed by atoms with Crippen LogP contribution < -0.4 is 5.32 Å². The Kier molecular flexibility index (Phi) is 57.5. The van der Waals surface area contributed by atoms with Crippen molar-refractivity contribution in [3.05, 3.63) is 24.3 Å². The number of esters is 1. The van der Waals surface area contributed by atoms with Crippen LogP contribution in [0.4, 0.5) is 0 Å². The molecule has 0 saturated carbocycles. The number of carbonyl (C=O) groups excluding carboxylic acids is 2. The van der Waals surface area contributed by atoms with E-state index in [1.807, 2.05) is 0 Å². The second-order valence-corrected chi connectivity index (χ2v) is 21.4. The highest BCUT2D eigenvalue weighted by atomic mass is 16.5. The number of allylic oxidation sites excluding steroid dienone is 4. The highest BCUT2D eigenvalue weighted by molar-refractivity contribution is 5.76. The maximum atomic E-state index is 12.5. The number of unbranched alkanes of at least 4 members (excludes halogenated alkanes) is 43. The molecule has 0 saturated heterocycles. The molecule has 0 aromatic carbocycles. The first kappa shape index (κ1) is 67.3. The zero-order chi connectivity index (χ0) is 50.0. The van der Waals surface area contributed by atoms with E-state index in [0.717, 1.165) is 51.4 Å². The van der Waals surface area contributed by atoms with Crippen molar-refractivity contribution in [3.63, 3.8) is 0 Å². The van der Waals surface area contributed by atoms with Gasteiger partial charge in [-0.25, -0.2) is 0 Å². The van der Waals surface area contributed by atoms with Gasteiger partial charge in [0.2, 0.25) is 5.91 Å². The quantitative estimate of drug-likeness (QED) is 0.0321. The fourth-order valence-electron chi connectivity index (χ4n) is 9.72. The number of aliphatic hydroxyl groups is 2. The molecule has 0 rings (SSSR count). The van der Waals surface area contributed by atoms with E-state index in [9.17, 15) is 19.8 Å². The SMILES string of the molecule is CCCC/C=C\C/C=C\CCCCCCCC(=O)OCCCCCCCCCCCCCCCCCCCCCC(=O)NC(CO)C(O)CCCCCCCCCCCCCCCCCCCCC. The van der Waals surface area contributed by atoms with Crippen molar-refractivity contribution in [2.75, 3.05) is 13.2 Å². The molecule has 0 aliphatic heterocycles. The van der Waals surface area contributed by atoms with Gasteiger partial charge in [0.05, 0.1) is 25.4 Å². The van der Waals surface area contributed by atoms with Crippen molar-refractivity contribution in [2.24, 2.45) is 0 Å². The number of ether oxygens (including phenoxy) is 1. The third-order valence-electron chi connectivity index (χ3n) is 14.5. The van der Waals surface area contributed by atoms with Gasteiger partial charge in [-0.1, -0.05) is 301 Å². The van der Waals surface area contributed by atoms with Gasteiger partial charge in [0, 0.05) is 12.8 Å². The Morgan fingerprint density at radius 3 is 1.14 bits per heavy atom. The second-order valence-electron chi connectivity index (χ2n) is 21.4. The molecule has 2 atom stereocenters. The maximum Gasteiger partial charge on any atom is 0.305 e. The largest absolute Gasteiger partial charge is 0.466 e. The monoisotopic (exact) mass is 972 g/mol. The summed E-state index contributed by atoms with van der Waals surface area (Å²) in [7, 11) is 0. The molecule has 408 valence electrons. The number of amides is 1. The Morgan fingerprint density at radius 2 is 0.739 bits per heavy atom. The summed E-state index contributed by atoms with van der Waals surface area (Å²) < 4.78 is 5.47. The fraction of sp³-hybridized carbons (Fsp3) is 0.905. The van der Waals surface area contributed by atoms with Crippen LogP contribution in [0.3, 0.4) is 0 Å².